The average Bonchev–Trinajstić information content (AvgIpc) is 2.50. The van der Waals surface area contributed by atoms with Gasteiger partial charge in [-0.25, -0.2) is 0 Å². The van der Waals surface area contributed by atoms with Gasteiger partial charge in [0, 0.05) is 6.04 Å². The van der Waals surface area contributed by atoms with Gasteiger partial charge in [0.25, 0.3) is 0 Å². The van der Waals surface area contributed by atoms with Crippen LogP contribution in [0.25, 0.3) is 0 Å². The molecule has 1 fully saturated rings. The van der Waals surface area contributed by atoms with Gasteiger partial charge >= 0.3 is 0 Å². The van der Waals surface area contributed by atoms with Crippen molar-refractivity contribution in [3.8, 4) is 6.07 Å². The molecular formula is C10H18N2. The van der Waals surface area contributed by atoms with Crippen LogP contribution in [0.4, 0.5) is 0 Å². The van der Waals surface area contributed by atoms with E-state index >= 15 is 0 Å². The summed E-state index contributed by atoms with van der Waals surface area (Å²) in [4.78, 5) is 2.34. The van der Waals surface area contributed by atoms with E-state index in [1.165, 1.54) is 12.8 Å². The molecule has 0 aliphatic carbocycles. The summed E-state index contributed by atoms with van der Waals surface area (Å²) in [7, 11) is 0. The zero-order valence-corrected chi connectivity index (χ0v) is 8.25. The van der Waals surface area contributed by atoms with Gasteiger partial charge in [-0.05, 0) is 32.2 Å². The molecule has 0 saturated carbocycles. The Labute approximate surface area is 75.2 Å². The first-order valence-electron chi connectivity index (χ1n) is 4.82. The lowest BCUT2D eigenvalue weighted by atomic mass is 10.0. The second-order valence-electron chi connectivity index (χ2n) is 4.00. The summed E-state index contributed by atoms with van der Waals surface area (Å²) in [5.74, 6) is 0.684. The van der Waals surface area contributed by atoms with Gasteiger partial charge in [0.1, 0.15) is 0 Å². The fourth-order valence-electron chi connectivity index (χ4n) is 2.09. The Bertz CT molecular complexity index is 181. The van der Waals surface area contributed by atoms with Gasteiger partial charge in [0.2, 0.25) is 0 Å². The molecule has 1 heterocycles. The van der Waals surface area contributed by atoms with E-state index in [2.05, 4.69) is 24.8 Å². The SMILES string of the molecule is CC(C)C1CCCN1C(C)C#N. The molecule has 0 aromatic carbocycles. The largest absolute Gasteiger partial charge is 0.285 e. The highest BCUT2D eigenvalue weighted by molar-refractivity contribution is 4.94. The number of hydrogen-bond acceptors (Lipinski definition) is 2. The van der Waals surface area contributed by atoms with Gasteiger partial charge < -0.3 is 0 Å². The summed E-state index contributed by atoms with van der Waals surface area (Å²) in [6.45, 7) is 7.60. The van der Waals surface area contributed by atoms with E-state index in [1.807, 2.05) is 6.92 Å². The molecular weight excluding hydrogens is 148 g/mol. The van der Waals surface area contributed by atoms with Crippen molar-refractivity contribution in [1.29, 1.82) is 5.26 Å². The summed E-state index contributed by atoms with van der Waals surface area (Å²) in [5, 5.41) is 8.80. The lowest BCUT2D eigenvalue weighted by Crippen LogP contribution is -2.39. The zero-order chi connectivity index (χ0) is 9.14. The standard InChI is InChI=1S/C10H18N2/c1-8(2)10-5-4-6-12(10)9(3)7-11/h8-10H,4-6H2,1-3H3. The summed E-state index contributed by atoms with van der Waals surface area (Å²) in [5.41, 5.74) is 0. The van der Waals surface area contributed by atoms with E-state index in [-0.39, 0.29) is 6.04 Å². The lowest BCUT2D eigenvalue weighted by molar-refractivity contribution is 0.184. The molecule has 2 unspecified atom stereocenters. The maximum Gasteiger partial charge on any atom is 0.0951 e. The second-order valence-corrected chi connectivity index (χ2v) is 4.00. The monoisotopic (exact) mass is 166 g/mol. The minimum Gasteiger partial charge on any atom is -0.285 e. The van der Waals surface area contributed by atoms with E-state index in [0.717, 1.165) is 6.54 Å². The van der Waals surface area contributed by atoms with Crippen molar-refractivity contribution in [2.75, 3.05) is 6.54 Å². The van der Waals surface area contributed by atoms with Crippen molar-refractivity contribution in [3.63, 3.8) is 0 Å². The van der Waals surface area contributed by atoms with Crippen LogP contribution in [0.5, 0.6) is 0 Å². The minimum absolute atomic E-state index is 0.0971. The lowest BCUT2D eigenvalue weighted by Gasteiger charge is -2.29. The quantitative estimate of drug-likeness (QED) is 0.627. The van der Waals surface area contributed by atoms with Gasteiger partial charge in [-0.1, -0.05) is 13.8 Å². The first kappa shape index (κ1) is 9.54. The third-order valence-corrected chi connectivity index (χ3v) is 2.80. The Balaban J connectivity index is 2.59. The van der Waals surface area contributed by atoms with Gasteiger partial charge in [-0.2, -0.15) is 5.26 Å². The van der Waals surface area contributed by atoms with Gasteiger partial charge in [0.05, 0.1) is 12.1 Å². The Hall–Kier alpha value is -0.550. The average molecular weight is 166 g/mol. The number of rotatable bonds is 2. The van der Waals surface area contributed by atoms with Crippen LogP contribution in [0.15, 0.2) is 0 Å². The molecule has 68 valence electrons. The van der Waals surface area contributed by atoms with Crippen LogP contribution in [0.3, 0.4) is 0 Å². The van der Waals surface area contributed by atoms with Crippen molar-refractivity contribution >= 4 is 0 Å². The van der Waals surface area contributed by atoms with Gasteiger partial charge in [-0.3, -0.25) is 4.90 Å². The predicted molar refractivity (Wildman–Crippen MR) is 49.6 cm³/mol. The smallest absolute Gasteiger partial charge is 0.0951 e. The Morgan fingerprint density at radius 1 is 1.42 bits per heavy atom. The third-order valence-electron chi connectivity index (χ3n) is 2.80. The van der Waals surface area contributed by atoms with Crippen LogP contribution < -0.4 is 0 Å². The summed E-state index contributed by atoms with van der Waals surface area (Å²) in [6.07, 6.45) is 2.53. The minimum atomic E-state index is 0.0971. The number of hydrogen-bond donors (Lipinski definition) is 0. The van der Waals surface area contributed by atoms with E-state index in [9.17, 15) is 0 Å². The molecule has 0 radical (unpaired) electrons. The number of nitriles is 1. The van der Waals surface area contributed by atoms with Crippen LogP contribution in [0.1, 0.15) is 33.6 Å². The zero-order valence-electron chi connectivity index (χ0n) is 8.25. The fraction of sp³-hybridized carbons (Fsp3) is 0.900. The van der Waals surface area contributed by atoms with Crippen LogP contribution in [0, 0.1) is 17.2 Å². The number of likely N-dealkylation sites (tertiary alicyclic amines) is 1. The van der Waals surface area contributed by atoms with Crippen molar-refractivity contribution in [3.05, 3.63) is 0 Å². The normalized spacial score (nSPS) is 27.4. The van der Waals surface area contributed by atoms with E-state index in [0.29, 0.717) is 12.0 Å². The summed E-state index contributed by atoms with van der Waals surface area (Å²) >= 11 is 0. The van der Waals surface area contributed by atoms with E-state index < -0.39 is 0 Å². The molecule has 0 bridgehead atoms. The Kier molecular flexibility index (Phi) is 3.11. The molecule has 1 aliphatic rings. The molecule has 12 heavy (non-hydrogen) atoms. The van der Waals surface area contributed by atoms with Crippen LogP contribution >= 0.6 is 0 Å². The molecule has 1 rings (SSSR count). The Morgan fingerprint density at radius 2 is 2.08 bits per heavy atom. The van der Waals surface area contributed by atoms with E-state index in [1.54, 1.807) is 0 Å². The molecule has 1 aliphatic heterocycles. The summed E-state index contributed by atoms with van der Waals surface area (Å²) in [6, 6.07) is 3.05. The fourth-order valence-corrected chi connectivity index (χ4v) is 2.09. The van der Waals surface area contributed by atoms with Crippen molar-refractivity contribution in [2.24, 2.45) is 5.92 Å². The molecule has 1 saturated heterocycles. The third kappa shape index (κ3) is 1.78. The molecule has 0 spiro atoms. The maximum atomic E-state index is 8.80. The molecule has 2 nitrogen and oxygen atoms in total. The second kappa shape index (κ2) is 3.91. The van der Waals surface area contributed by atoms with Crippen LogP contribution in [0.2, 0.25) is 0 Å². The van der Waals surface area contributed by atoms with Gasteiger partial charge in [0.15, 0.2) is 0 Å². The topological polar surface area (TPSA) is 27.0 Å². The molecule has 0 aromatic rings. The molecule has 0 amide bonds. The van der Waals surface area contributed by atoms with Crippen molar-refractivity contribution in [2.45, 2.75) is 45.7 Å². The molecule has 0 aromatic heterocycles. The van der Waals surface area contributed by atoms with Crippen molar-refractivity contribution in [1.82, 2.24) is 4.90 Å². The van der Waals surface area contributed by atoms with Crippen LogP contribution in [-0.2, 0) is 0 Å². The summed E-state index contributed by atoms with van der Waals surface area (Å²) < 4.78 is 0. The first-order valence-corrected chi connectivity index (χ1v) is 4.82. The highest BCUT2D eigenvalue weighted by atomic mass is 15.2. The molecule has 0 N–H and O–H groups in total. The predicted octanol–water partition coefficient (Wildman–Crippen LogP) is 2.02. The maximum absolute atomic E-state index is 8.80. The molecule has 2 atom stereocenters. The molecule has 2 heteroatoms. The van der Waals surface area contributed by atoms with E-state index in [4.69, 9.17) is 5.26 Å². The Morgan fingerprint density at radius 3 is 2.58 bits per heavy atom. The number of nitrogens with zero attached hydrogens (tertiary/aromatic N) is 2. The highest BCUT2D eigenvalue weighted by Crippen LogP contribution is 2.25. The van der Waals surface area contributed by atoms with Crippen LogP contribution in [-0.4, -0.2) is 23.5 Å². The van der Waals surface area contributed by atoms with Crippen molar-refractivity contribution < 1.29 is 0 Å². The van der Waals surface area contributed by atoms with Gasteiger partial charge in [-0.15, -0.1) is 0 Å². The highest BCUT2D eigenvalue weighted by Gasteiger charge is 2.30. The first-order chi connectivity index (χ1) is 5.66.